The molecule has 1 rings (SSSR count). The van der Waals surface area contributed by atoms with Crippen LogP contribution in [0.2, 0.25) is 0 Å². The molecule has 0 spiro atoms. The second kappa shape index (κ2) is 5.03. The molecule has 0 saturated heterocycles. The fourth-order valence-electron chi connectivity index (χ4n) is 1.26. The number of nitrogens with one attached hydrogen (secondary N) is 2. The average molecular weight is 258 g/mol. The first-order chi connectivity index (χ1) is 7.72. The Hall–Kier alpha value is -1.11. The topological polar surface area (TPSA) is 78.4 Å². The summed E-state index contributed by atoms with van der Waals surface area (Å²) in [5.41, 5.74) is 0.660. The third-order valence-electron chi connectivity index (χ3n) is 1.83. The predicted molar refractivity (Wildman–Crippen MR) is 67.8 cm³/mol. The second-order valence-corrected chi connectivity index (χ2v) is 6.23. The molecule has 0 saturated carbocycles. The van der Waals surface area contributed by atoms with Gasteiger partial charge in [-0.3, -0.25) is 4.72 Å². The molecule has 0 aliphatic carbocycles. The molecule has 1 aromatic rings. The van der Waals surface area contributed by atoms with Crippen LogP contribution < -0.4 is 9.44 Å². The molecule has 0 amide bonds. The molecule has 96 valence electrons. The van der Waals surface area contributed by atoms with Gasteiger partial charge in [0, 0.05) is 11.2 Å². The zero-order valence-corrected chi connectivity index (χ0v) is 11.0. The summed E-state index contributed by atoms with van der Waals surface area (Å²) in [6, 6.07) is 6.53. The van der Waals surface area contributed by atoms with Gasteiger partial charge in [0.25, 0.3) is 10.2 Å². The number of anilines is 1. The molecule has 0 aromatic heterocycles. The molecule has 1 aromatic carbocycles. The van der Waals surface area contributed by atoms with Crippen molar-refractivity contribution in [3.63, 3.8) is 0 Å². The van der Waals surface area contributed by atoms with E-state index in [0.717, 1.165) is 5.56 Å². The minimum Gasteiger partial charge on any atom is -0.392 e. The van der Waals surface area contributed by atoms with Crippen molar-refractivity contribution in [1.29, 1.82) is 0 Å². The van der Waals surface area contributed by atoms with Gasteiger partial charge in [0.15, 0.2) is 0 Å². The molecule has 0 atom stereocenters. The van der Waals surface area contributed by atoms with Gasteiger partial charge in [-0.2, -0.15) is 13.1 Å². The molecule has 0 aliphatic rings. The number of rotatable bonds is 4. The Morgan fingerprint density at radius 2 is 1.71 bits per heavy atom. The lowest BCUT2D eigenvalue weighted by atomic mass is 10.1. The SMILES string of the molecule is CC(C)(C)NS(=O)(=O)Nc1ccc(CO)cc1. The first kappa shape index (κ1) is 14.0. The van der Waals surface area contributed by atoms with Crippen LogP contribution in [-0.2, 0) is 16.8 Å². The summed E-state index contributed by atoms with van der Waals surface area (Å²) in [5.74, 6) is 0. The second-order valence-electron chi connectivity index (χ2n) is 4.81. The Morgan fingerprint density at radius 3 is 2.12 bits per heavy atom. The number of benzene rings is 1. The van der Waals surface area contributed by atoms with Gasteiger partial charge in [-0.25, -0.2) is 0 Å². The Labute approximate surface area is 102 Å². The van der Waals surface area contributed by atoms with Gasteiger partial charge in [-0.15, -0.1) is 0 Å². The molecule has 0 unspecified atom stereocenters. The monoisotopic (exact) mass is 258 g/mol. The molecular weight excluding hydrogens is 240 g/mol. The third kappa shape index (κ3) is 5.16. The van der Waals surface area contributed by atoms with Gasteiger partial charge in [-0.1, -0.05) is 12.1 Å². The molecule has 3 N–H and O–H groups in total. The van der Waals surface area contributed by atoms with Crippen molar-refractivity contribution in [2.75, 3.05) is 4.72 Å². The van der Waals surface area contributed by atoms with E-state index in [0.29, 0.717) is 5.69 Å². The van der Waals surface area contributed by atoms with Crippen LogP contribution in [0, 0.1) is 0 Å². The zero-order valence-electron chi connectivity index (χ0n) is 10.2. The zero-order chi connectivity index (χ0) is 13.1. The highest BCUT2D eigenvalue weighted by Gasteiger charge is 2.19. The fraction of sp³-hybridized carbons (Fsp3) is 0.455. The molecule has 0 fully saturated rings. The van der Waals surface area contributed by atoms with E-state index in [-0.39, 0.29) is 6.61 Å². The summed E-state index contributed by atoms with van der Waals surface area (Å²) >= 11 is 0. The lowest BCUT2D eigenvalue weighted by Crippen LogP contribution is -2.43. The molecular formula is C11H18N2O3S. The van der Waals surface area contributed by atoms with Crippen LogP contribution in [0.1, 0.15) is 26.3 Å². The lowest BCUT2D eigenvalue weighted by molar-refractivity contribution is 0.282. The van der Waals surface area contributed by atoms with Crippen LogP contribution in [0.4, 0.5) is 5.69 Å². The van der Waals surface area contributed by atoms with Crippen molar-refractivity contribution in [3.8, 4) is 0 Å². The highest BCUT2D eigenvalue weighted by Crippen LogP contribution is 2.12. The van der Waals surface area contributed by atoms with Crippen LogP contribution >= 0.6 is 0 Å². The smallest absolute Gasteiger partial charge is 0.299 e. The van der Waals surface area contributed by atoms with Gasteiger partial charge in [0.05, 0.1) is 6.61 Å². The molecule has 6 heteroatoms. The first-order valence-corrected chi connectivity index (χ1v) is 6.72. The van der Waals surface area contributed by atoms with Crippen LogP contribution in [0.3, 0.4) is 0 Å². The standard InChI is InChI=1S/C11H18N2O3S/c1-11(2,3)13-17(15,16)12-10-6-4-9(8-14)5-7-10/h4-7,12-14H,8H2,1-3H3. The summed E-state index contributed by atoms with van der Waals surface area (Å²) in [7, 11) is -3.57. The van der Waals surface area contributed by atoms with Crippen molar-refractivity contribution in [2.24, 2.45) is 0 Å². The number of aliphatic hydroxyl groups excluding tert-OH is 1. The van der Waals surface area contributed by atoms with E-state index < -0.39 is 15.7 Å². The molecule has 5 nitrogen and oxygen atoms in total. The Bertz CT molecular complexity index is 460. The fourth-order valence-corrected chi connectivity index (χ4v) is 2.57. The van der Waals surface area contributed by atoms with Gasteiger partial charge in [-0.05, 0) is 38.5 Å². The van der Waals surface area contributed by atoms with E-state index in [1.165, 1.54) is 0 Å². The van der Waals surface area contributed by atoms with Gasteiger partial charge >= 0.3 is 0 Å². The van der Waals surface area contributed by atoms with E-state index in [4.69, 9.17) is 5.11 Å². The molecule has 0 radical (unpaired) electrons. The maximum Gasteiger partial charge on any atom is 0.299 e. The van der Waals surface area contributed by atoms with E-state index in [2.05, 4.69) is 9.44 Å². The van der Waals surface area contributed by atoms with Crippen molar-refractivity contribution in [3.05, 3.63) is 29.8 Å². The average Bonchev–Trinajstić information content (AvgIpc) is 2.14. The molecule has 0 heterocycles. The molecule has 0 bridgehead atoms. The van der Waals surface area contributed by atoms with Gasteiger partial charge in [0.1, 0.15) is 0 Å². The minimum absolute atomic E-state index is 0.0622. The van der Waals surface area contributed by atoms with Crippen molar-refractivity contribution >= 4 is 15.9 Å². The van der Waals surface area contributed by atoms with Gasteiger partial charge in [0.2, 0.25) is 0 Å². The number of hydrogen-bond donors (Lipinski definition) is 3. The number of aliphatic hydroxyl groups is 1. The van der Waals surface area contributed by atoms with Crippen molar-refractivity contribution in [1.82, 2.24) is 4.72 Å². The Balaban J connectivity index is 2.76. The molecule has 17 heavy (non-hydrogen) atoms. The first-order valence-electron chi connectivity index (χ1n) is 5.23. The highest BCUT2D eigenvalue weighted by atomic mass is 32.2. The summed E-state index contributed by atoms with van der Waals surface area (Å²) in [6.45, 7) is 5.23. The quantitative estimate of drug-likeness (QED) is 0.760. The third-order valence-corrected chi connectivity index (χ3v) is 3.21. The predicted octanol–water partition coefficient (Wildman–Crippen LogP) is 1.22. The summed E-state index contributed by atoms with van der Waals surface area (Å²) in [6.07, 6.45) is 0. The minimum atomic E-state index is -3.57. The van der Waals surface area contributed by atoms with Crippen LogP contribution in [0.15, 0.2) is 24.3 Å². The van der Waals surface area contributed by atoms with E-state index in [9.17, 15) is 8.42 Å². The maximum atomic E-state index is 11.7. The largest absolute Gasteiger partial charge is 0.392 e. The lowest BCUT2D eigenvalue weighted by Gasteiger charge is -2.20. The maximum absolute atomic E-state index is 11.7. The van der Waals surface area contributed by atoms with Crippen LogP contribution in [0.25, 0.3) is 0 Å². The summed E-state index contributed by atoms with van der Waals surface area (Å²) in [4.78, 5) is 0. The number of hydrogen-bond acceptors (Lipinski definition) is 3. The van der Waals surface area contributed by atoms with Crippen LogP contribution in [-0.4, -0.2) is 19.1 Å². The van der Waals surface area contributed by atoms with E-state index >= 15 is 0 Å². The Morgan fingerprint density at radius 1 is 1.18 bits per heavy atom. The normalized spacial score (nSPS) is 12.5. The Kier molecular flexibility index (Phi) is 4.13. The summed E-state index contributed by atoms with van der Waals surface area (Å²) in [5, 5.41) is 8.86. The summed E-state index contributed by atoms with van der Waals surface area (Å²) < 4.78 is 28.3. The van der Waals surface area contributed by atoms with E-state index in [1.807, 2.05) is 0 Å². The highest BCUT2D eigenvalue weighted by molar-refractivity contribution is 7.90. The van der Waals surface area contributed by atoms with Crippen molar-refractivity contribution < 1.29 is 13.5 Å². The van der Waals surface area contributed by atoms with Crippen LogP contribution in [0.5, 0.6) is 0 Å². The molecule has 0 aliphatic heterocycles. The van der Waals surface area contributed by atoms with Gasteiger partial charge < -0.3 is 5.11 Å². The van der Waals surface area contributed by atoms with Crippen molar-refractivity contribution in [2.45, 2.75) is 32.9 Å². The van der Waals surface area contributed by atoms with E-state index in [1.54, 1.807) is 45.0 Å².